The Kier molecular flexibility index (Phi) is 4.02. The van der Waals surface area contributed by atoms with Gasteiger partial charge in [-0.05, 0) is 23.3 Å². The van der Waals surface area contributed by atoms with Crippen molar-refractivity contribution < 1.29 is 13.5 Å². The van der Waals surface area contributed by atoms with Crippen LogP contribution in [0.25, 0.3) is 0 Å². The van der Waals surface area contributed by atoms with E-state index in [9.17, 15) is 13.5 Å². The first-order chi connectivity index (χ1) is 8.97. The number of rotatable bonds is 4. The summed E-state index contributed by atoms with van der Waals surface area (Å²) in [6.07, 6.45) is 1.07. The molecule has 2 aromatic rings. The summed E-state index contributed by atoms with van der Waals surface area (Å²) in [5.74, 6) is 0. The first-order valence-electron chi connectivity index (χ1n) is 5.99. The third kappa shape index (κ3) is 3.66. The van der Waals surface area contributed by atoms with Crippen molar-refractivity contribution >= 4 is 9.84 Å². The largest absolute Gasteiger partial charge is 0.388 e. The molecule has 2 rings (SSSR count). The van der Waals surface area contributed by atoms with Gasteiger partial charge in [0.15, 0.2) is 9.84 Å². The maximum Gasteiger partial charge on any atom is 0.175 e. The minimum atomic E-state index is -3.16. The first kappa shape index (κ1) is 13.8. The average Bonchev–Trinajstić information content (AvgIpc) is 2.39. The molecule has 4 heteroatoms. The molecule has 0 aliphatic rings. The highest BCUT2D eigenvalue weighted by atomic mass is 32.2. The van der Waals surface area contributed by atoms with Gasteiger partial charge in [-0.1, -0.05) is 42.5 Å². The van der Waals surface area contributed by atoms with E-state index in [-0.39, 0.29) is 0 Å². The smallest absolute Gasteiger partial charge is 0.175 e. The number of benzene rings is 2. The molecule has 0 heterocycles. The molecule has 3 nitrogen and oxygen atoms in total. The van der Waals surface area contributed by atoms with Crippen LogP contribution in [-0.4, -0.2) is 19.8 Å². The summed E-state index contributed by atoms with van der Waals surface area (Å²) >= 11 is 0. The van der Waals surface area contributed by atoms with Crippen molar-refractivity contribution in [1.82, 2.24) is 0 Å². The summed E-state index contributed by atoms with van der Waals surface area (Å²) in [4.78, 5) is 0.297. The third-order valence-corrected chi connectivity index (χ3v) is 4.09. The van der Waals surface area contributed by atoms with Crippen LogP contribution in [0.3, 0.4) is 0 Å². The summed E-state index contributed by atoms with van der Waals surface area (Å²) in [6, 6.07) is 16.0. The van der Waals surface area contributed by atoms with Crippen LogP contribution in [0.15, 0.2) is 59.5 Å². The van der Waals surface area contributed by atoms with Gasteiger partial charge in [0, 0.05) is 12.7 Å². The van der Waals surface area contributed by atoms with E-state index >= 15 is 0 Å². The fraction of sp³-hybridized carbons (Fsp3) is 0.200. The van der Waals surface area contributed by atoms with E-state index < -0.39 is 15.9 Å². The summed E-state index contributed by atoms with van der Waals surface area (Å²) in [6.45, 7) is 0. The van der Waals surface area contributed by atoms with Crippen molar-refractivity contribution in [2.24, 2.45) is 0 Å². The van der Waals surface area contributed by atoms with Crippen LogP contribution in [0.2, 0.25) is 0 Å². The van der Waals surface area contributed by atoms with Crippen LogP contribution >= 0.6 is 0 Å². The van der Waals surface area contributed by atoms with Gasteiger partial charge in [-0.3, -0.25) is 0 Å². The standard InChI is InChI=1S/C15H16O3S/c1-19(17,18)14-9-7-12(8-10-14)11-15(16)13-5-3-2-4-6-13/h2-10,15-16H,11H2,1H3. The summed E-state index contributed by atoms with van der Waals surface area (Å²) in [5, 5.41) is 10.1. The highest BCUT2D eigenvalue weighted by Crippen LogP contribution is 2.19. The SMILES string of the molecule is CS(=O)(=O)c1ccc(CC(O)c2ccccc2)cc1. The normalized spacial score (nSPS) is 13.2. The molecular formula is C15H16O3S. The van der Waals surface area contributed by atoms with E-state index in [0.717, 1.165) is 11.1 Å². The molecule has 19 heavy (non-hydrogen) atoms. The van der Waals surface area contributed by atoms with Crippen molar-refractivity contribution in [2.75, 3.05) is 6.26 Å². The highest BCUT2D eigenvalue weighted by molar-refractivity contribution is 7.90. The van der Waals surface area contributed by atoms with E-state index in [1.807, 2.05) is 30.3 Å². The van der Waals surface area contributed by atoms with Crippen LogP contribution in [-0.2, 0) is 16.3 Å². The Morgan fingerprint density at radius 1 is 1.00 bits per heavy atom. The maximum absolute atomic E-state index is 11.3. The van der Waals surface area contributed by atoms with Crippen molar-refractivity contribution in [2.45, 2.75) is 17.4 Å². The molecule has 0 aromatic heterocycles. The fourth-order valence-corrected chi connectivity index (χ4v) is 2.52. The first-order valence-corrected chi connectivity index (χ1v) is 7.88. The Bertz CT molecular complexity index is 631. The number of hydrogen-bond donors (Lipinski definition) is 1. The third-order valence-electron chi connectivity index (χ3n) is 2.96. The minimum Gasteiger partial charge on any atom is -0.388 e. The lowest BCUT2D eigenvalue weighted by molar-refractivity contribution is 0.178. The van der Waals surface area contributed by atoms with E-state index in [1.165, 1.54) is 6.26 Å². The van der Waals surface area contributed by atoms with Crippen LogP contribution in [0, 0.1) is 0 Å². The van der Waals surface area contributed by atoms with Gasteiger partial charge in [0.05, 0.1) is 11.0 Å². The molecule has 0 bridgehead atoms. The Balaban J connectivity index is 2.12. The van der Waals surface area contributed by atoms with Gasteiger partial charge in [0.25, 0.3) is 0 Å². The molecule has 0 aliphatic heterocycles. The number of sulfone groups is 1. The van der Waals surface area contributed by atoms with Gasteiger partial charge in [-0.15, -0.1) is 0 Å². The summed E-state index contributed by atoms with van der Waals surface area (Å²) in [7, 11) is -3.16. The number of aliphatic hydroxyl groups is 1. The highest BCUT2D eigenvalue weighted by Gasteiger charge is 2.10. The van der Waals surface area contributed by atoms with Crippen molar-refractivity contribution in [3.05, 3.63) is 65.7 Å². The molecule has 1 N–H and O–H groups in total. The van der Waals surface area contributed by atoms with Crippen LogP contribution < -0.4 is 0 Å². The van der Waals surface area contributed by atoms with Crippen molar-refractivity contribution in [3.63, 3.8) is 0 Å². The molecule has 2 aromatic carbocycles. The second-order valence-corrected chi connectivity index (χ2v) is 6.56. The molecule has 0 radical (unpaired) electrons. The zero-order valence-corrected chi connectivity index (χ0v) is 11.5. The van der Waals surface area contributed by atoms with Gasteiger partial charge in [0.2, 0.25) is 0 Å². The van der Waals surface area contributed by atoms with Crippen LogP contribution in [0.4, 0.5) is 0 Å². The molecule has 0 aliphatic carbocycles. The molecule has 0 saturated heterocycles. The second-order valence-electron chi connectivity index (χ2n) is 4.55. The van der Waals surface area contributed by atoms with Gasteiger partial charge >= 0.3 is 0 Å². The van der Waals surface area contributed by atoms with E-state index in [4.69, 9.17) is 0 Å². The molecule has 0 amide bonds. The average molecular weight is 276 g/mol. The zero-order chi connectivity index (χ0) is 13.9. The van der Waals surface area contributed by atoms with E-state index in [2.05, 4.69) is 0 Å². The minimum absolute atomic E-state index is 0.297. The lowest BCUT2D eigenvalue weighted by atomic mass is 10.0. The predicted molar refractivity (Wildman–Crippen MR) is 74.7 cm³/mol. The molecule has 0 spiro atoms. The van der Waals surface area contributed by atoms with Gasteiger partial charge in [0.1, 0.15) is 0 Å². The van der Waals surface area contributed by atoms with Crippen LogP contribution in [0.1, 0.15) is 17.2 Å². The maximum atomic E-state index is 11.3. The summed E-state index contributed by atoms with van der Waals surface area (Å²) < 4.78 is 22.7. The Morgan fingerprint density at radius 2 is 1.58 bits per heavy atom. The lowest BCUT2D eigenvalue weighted by Crippen LogP contribution is -2.02. The predicted octanol–water partition coefficient (Wildman–Crippen LogP) is 2.37. The lowest BCUT2D eigenvalue weighted by Gasteiger charge is -2.11. The quantitative estimate of drug-likeness (QED) is 0.932. The fourth-order valence-electron chi connectivity index (χ4n) is 1.89. The zero-order valence-electron chi connectivity index (χ0n) is 10.7. The second kappa shape index (κ2) is 5.55. The molecule has 0 saturated carbocycles. The van der Waals surface area contributed by atoms with Crippen molar-refractivity contribution in [3.8, 4) is 0 Å². The Morgan fingerprint density at radius 3 is 2.11 bits per heavy atom. The van der Waals surface area contributed by atoms with Gasteiger partial charge in [-0.2, -0.15) is 0 Å². The Labute approximate surface area is 113 Å². The summed E-state index contributed by atoms with van der Waals surface area (Å²) in [5.41, 5.74) is 1.76. The van der Waals surface area contributed by atoms with Crippen LogP contribution in [0.5, 0.6) is 0 Å². The molecular weight excluding hydrogens is 260 g/mol. The topological polar surface area (TPSA) is 54.4 Å². The number of hydrogen-bond acceptors (Lipinski definition) is 3. The van der Waals surface area contributed by atoms with Gasteiger partial charge in [-0.25, -0.2) is 8.42 Å². The van der Waals surface area contributed by atoms with E-state index in [1.54, 1.807) is 24.3 Å². The molecule has 1 atom stereocenters. The molecule has 0 fully saturated rings. The number of aliphatic hydroxyl groups excluding tert-OH is 1. The van der Waals surface area contributed by atoms with E-state index in [0.29, 0.717) is 11.3 Å². The van der Waals surface area contributed by atoms with Crippen molar-refractivity contribution in [1.29, 1.82) is 0 Å². The monoisotopic (exact) mass is 276 g/mol. The van der Waals surface area contributed by atoms with Gasteiger partial charge < -0.3 is 5.11 Å². The molecule has 100 valence electrons. The molecule has 1 unspecified atom stereocenters. The Hall–Kier alpha value is -1.65.